The molecule has 0 amide bonds. The Labute approximate surface area is 159 Å². The van der Waals surface area contributed by atoms with Gasteiger partial charge in [0.05, 0.1) is 12.1 Å². The summed E-state index contributed by atoms with van der Waals surface area (Å²) >= 11 is 0. The molecule has 1 heterocycles. The van der Waals surface area contributed by atoms with Crippen molar-refractivity contribution in [2.24, 2.45) is 5.92 Å². The number of hydrogen-bond donors (Lipinski definition) is 0. The number of ether oxygens (including phenoxy) is 2. The number of hydrogen-bond acceptors (Lipinski definition) is 4. The average molecular weight is 364 g/mol. The van der Waals surface area contributed by atoms with Gasteiger partial charge in [0.1, 0.15) is 0 Å². The standard InChI is InChI=1S/C22H37NO3/c1-8-20(4)17-22(24-6,25-7)18(3)21(5,9-2)23(20)26-16-15-19-13-11-10-12-14-19/h10-14,18H,8-9,15-17H2,1-7H3. The Balaban J connectivity index is 2.26. The summed E-state index contributed by atoms with van der Waals surface area (Å²) in [4.78, 5) is 6.47. The third kappa shape index (κ3) is 3.70. The lowest BCUT2D eigenvalue weighted by Crippen LogP contribution is -2.72. The van der Waals surface area contributed by atoms with E-state index >= 15 is 0 Å². The number of methoxy groups -OCH3 is 2. The third-order valence-electron chi connectivity index (χ3n) is 6.80. The Morgan fingerprint density at radius 2 is 1.65 bits per heavy atom. The lowest BCUT2D eigenvalue weighted by Gasteiger charge is -2.62. The molecule has 0 saturated carbocycles. The predicted octanol–water partition coefficient (Wildman–Crippen LogP) is 4.83. The van der Waals surface area contributed by atoms with Crippen molar-refractivity contribution in [3.63, 3.8) is 0 Å². The molecular formula is C22H37NO3. The summed E-state index contributed by atoms with van der Waals surface area (Å²) in [6.07, 6.45) is 3.62. The smallest absolute Gasteiger partial charge is 0.173 e. The van der Waals surface area contributed by atoms with Gasteiger partial charge in [-0.1, -0.05) is 51.1 Å². The third-order valence-corrected chi connectivity index (χ3v) is 6.80. The minimum absolute atomic E-state index is 0.153. The van der Waals surface area contributed by atoms with Gasteiger partial charge >= 0.3 is 0 Å². The van der Waals surface area contributed by atoms with Crippen LogP contribution in [-0.4, -0.2) is 42.8 Å². The molecule has 0 bridgehead atoms. The molecule has 148 valence electrons. The van der Waals surface area contributed by atoms with E-state index in [1.165, 1.54) is 5.56 Å². The maximum atomic E-state index is 6.47. The summed E-state index contributed by atoms with van der Waals surface area (Å²) in [7, 11) is 3.52. The van der Waals surface area contributed by atoms with E-state index in [2.05, 4.69) is 63.9 Å². The monoisotopic (exact) mass is 363 g/mol. The molecular weight excluding hydrogens is 326 g/mol. The Kier molecular flexibility index (Phi) is 6.89. The second kappa shape index (κ2) is 8.39. The van der Waals surface area contributed by atoms with Crippen molar-refractivity contribution < 1.29 is 14.3 Å². The van der Waals surface area contributed by atoms with E-state index in [4.69, 9.17) is 14.3 Å². The van der Waals surface area contributed by atoms with Crippen LogP contribution in [0.25, 0.3) is 0 Å². The number of rotatable bonds is 8. The van der Waals surface area contributed by atoms with Gasteiger partial charge < -0.3 is 9.47 Å². The minimum atomic E-state index is -0.588. The molecule has 0 aromatic heterocycles. The van der Waals surface area contributed by atoms with E-state index in [1.54, 1.807) is 14.2 Å². The van der Waals surface area contributed by atoms with Gasteiger partial charge in [0, 0.05) is 32.1 Å². The summed E-state index contributed by atoms with van der Waals surface area (Å²) in [5, 5.41) is 2.27. The molecule has 26 heavy (non-hydrogen) atoms. The van der Waals surface area contributed by atoms with Gasteiger partial charge in [0.2, 0.25) is 0 Å². The molecule has 2 rings (SSSR count). The first-order chi connectivity index (χ1) is 12.3. The van der Waals surface area contributed by atoms with Gasteiger partial charge in [-0.2, -0.15) is 5.06 Å². The van der Waals surface area contributed by atoms with Crippen LogP contribution in [0.15, 0.2) is 30.3 Å². The van der Waals surface area contributed by atoms with Crippen LogP contribution in [0.3, 0.4) is 0 Å². The number of nitrogens with zero attached hydrogens (tertiary/aromatic N) is 1. The molecule has 1 fully saturated rings. The Morgan fingerprint density at radius 1 is 1.04 bits per heavy atom. The lowest BCUT2D eigenvalue weighted by atomic mass is 9.67. The summed E-state index contributed by atoms with van der Waals surface area (Å²) in [6, 6.07) is 10.5. The molecule has 3 atom stereocenters. The lowest BCUT2D eigenvalue weighted by molar-refractivity contribution is -0.378. The van der Waals surface area contributed by atoms with E-state index in [1.807, 2.05) is 6.07 Å². The highest BCUT2D eigenvalue weighted by Gasteiger charge is 2.61. The molecule has 4 heteroatoms. The van der Waals surface area contributed by atoms with E-state index < -0.39 is 5.79 Å². The van der Waals surface area contributed by atoms with Gasteiger partial charge in [0.25, 0.3) is 0 Å². The maximum absolute atomic E-state index is 6.47. The van der Waals surface area contributed by atoms with Crippen LogP contribution >= 0.6 is 0 Å². The molecule has 3 unspecified atom stereocenters. The summed E-state index contributed by atoms with van der Waals surface area (Å²) < 4.78 is 11.9. The van der Waals surface area contributed by atoms with Gasteiger partial charge in [-0.25, -0.2) is 0 Å². The van der Waals surface area contributed by atoms with Crippen molar-refractivity contribution in [3.05, 3.63) is 35.9 Å². The van der Waals surface area contributed by atoms with Crippen LogP contribution in [0.4, 0.5) is 0 Å². The van der Waals surface area contributed by atoms with Crippen molar-refractivity contribution in [1.29, 1.82) is 0 Å². The second-order valence-corrected chi connectivity index (χ2v) is 8.04. The van der Waals surface area contributed by atoms with E-state index in [0.29, 0.717) is 6.61 Å². The molecule has 1 aromatic carbocycles. The van der Waals surface area contributed by atoms with Crippen molar-refractivity contribution in [3.8, 4) is 0 Å². The highest BCUT2D eigenvalue weighted by molar-refractivity contribution is 5.14. The van der Waals surface area contributed by atoms with Crippen LogP contribution in [0.5, 0.6) is 0 Å². The summed E-state index contributed by atoms with van der Waals surface area (Å²) in [5.41, 5.74) is 0.975. The van der Waals surface area contributed by atoms with Gasteiger partial charge in [-0.15, -0.1) is 0 Å². The number of benzene rings is 1. The zero-order valence-corrected chi connectivity index (χ0v) is 17.7. The quantitative estimate of drug-likeness (QED) is 0.619. The summed E-state index contributed by atoms with van der Waals surface area (Å²) in [5.74, 6) is -0.416. The van der Waals surface area contributed by atoms with Crippen LogP contribution in [0, 0.1) is 5.92 Å². The van der Waals surface area contributed by atoms with E-state index in [-0.39, 0.29) is 17.0 Å². The molecule has 0 N–H and O–H groups in total. The molecule has 0 spiro atoms. The largest absolute Gasteiger partial charge is 0.353 e. The Hall–Kier alpha value is -0.940. The van der Waals surface area contributed by atoms with Gasteiger partial charge in [-0.05, 0) is 38.7 Å². The molecule has 1 saturated heterocycles. The molecule has 4 nitrogen and oxygen atoms in total. The normalized spacial score (nSPS) is 31.9. The minimum Gasteiger partial charge on any atom is -0.353 e. The first-order valence-electron chi connectivity index (χ1n) is 9.89. The van der Waals surface area contributed by atoms with Crippen LogP contribution in [0.1, 0.15) is 59.4 Å². The Morgan fingerprint density at radius 3 is 2.15 bits per heavy atom. The molecule has 0 radical (unpaired) electrons. The first-order valence-corrected chi connectivity index (χ1v) is 9.89. The van der Waals surface area contributed by atoms with E-state index in [0.717, 1.165) is 25.7 Å². The fourth-order valence-electron chi connectivity index (χ4n) is 4.52. The summed E-state index contributed by atoms with van der Waals surface area (Å²) in [6.45, 7) is 11.9. The van der Waals surface area contributed by atoms with Crippen LogP contribution in [0.2, 0.25) is 0 Å². The Bertz CT molecular complexity index is 560. The topological polar surface area (TPSA) is 30.9 Å². The highest BCUT2D eigenvalue weighted by Crippen LogP contribution is 2.51. The highest BCUT2D eigenvalue weighted by atomic mass is 16.7. The predicted molar refractivity (Wildman–Crippen MR) is 106 cm³/mol. The fraction of sp³-hybridized carbons (Fsp3) is 0.727. The average Bonchev–Trinajstić information content (AvgIpc) is 2.68. The maximum Gasteiger partial charge on any atom is 0.173 e. The molecule has 1 aromatic rings. The van der Waals surface area contributed by atoms with Crippen LogP contribution in [-0.2, 0) is 20.7 Å². The fourth-order valence-corrected chi connectivity index (χ4v) is 4.52. The van der Waals surface area contributed by atoms with Crippen molar-refractivity contribution in [2.75, 3.05) is 20.8 Å². The van der Waals surface area contributed by atoms with Gasteiger partial charge in [0.15, 0.2) is 5.79 Å². The zero-order chi connectivity index (χ0) is 19.4. The molecule has 1 aliphatic rings. The first kappa shape index (κ1) is 21.4. The van der Waals surface area contributed by atoms with Crippen molar-refractivity contribution in [2.45, 2.75) is 77.2 Å². The zero-order valence-electron chi connectivity index (χ0n) is 17.7. The number of piperidine rings is 1. The second-order valence-electron chi connectivity index (χ2n) is 8.04. The van der Waals surface area contributed by atoms with Crippen LogP contribution < -0.4 is 0 Å². The van der Waals surface area contributed by atoms with Gasteiger partial charge in [-0.3, -0.25) is 4.84 Å². The van der Waals surface area contributed by atoms with E-state index in [9.17, 15) is 0 Å². The SMILES string of the molecule is CCC1(C)CC(OC)(OC)C(C)C(C)(CC)N1OCCc1ccccc1. The molecule has 0 aliphatic carbocycles. The molecule has 1 aliphatic heterocycles. The van der Waals surface area contributed by atoms with Crippen molar-refractivity contribution >= 4 is 0 Å². The van der Waals surface area contributed by atoms with Crippen molar-refractivity contribution in [1.82, 2.24) is 5.06 Å². The number of hydroxylamine groups is 2.